The van der Waals surface area contributed by atoms with Crippen molar-refractivity contribution in [3.8, 4) is 0 Å². The van der Waals surface area contributed by atoms with Crippen LogP contribution in [-0.4, -0.2) is 0 Å². The van der Waals surface area contributed by atoms with Gasteiger partial charge >= 0.3 is 0 Å². The molecular formula is C18H23FN2. The van der Waals surface area contributed by atoms with Gasteiger partial charge in [-0.1, -0.05) is 62.4 Å². The highest BCUT2D eigenvalue weighted by molar-refractivity contribution is 5.34. The Morgan fingerprint density at radius 3 is 2.10 bits per heavy atom. The van der Waals surface area contributed by atoms with E-state index in [1.807, 2.05) is 30.3 Å². The molecule has 0 saturated heterocycles. The predicted octanol–water partition coefficient (Wildman–Crippen LogP) is 4.09. The first-order valence-electron chi connectivity index (χ1n) is 7.45. The van der Waals surface area contributed by atoms with Gasteiger partial charge in [-0.05, 0) is 24.5 Å². The molecule has 0 radical (unpaired) electrons. The fraction of sp³-hybridized carbons (Fsp3) is 0.333. The van der Waals surface area contributed by atoms with Crippen LogP contribution in [0.2, 0.25) is 0 Å². The Hall–Kier alpha value is -1.71. The van der Waals surface area contributed by atoms with E-state index < -0.39 is 0 Å². The second-order valence-electron chi connectivity index (χ2n) is 5.35. The van der Waals surface area contributed by atoms with Crippen LogP contribution in [0.1, 0.15) is 43.9 Å². The van der Waals surface area contributed by atoms with Crippen LogP contribution < -0.4 is 11.3 Å². The summed E-state index contributed by atoms with van der Waals surface area (Å²) in [6, 6.07) is 16.8. The normalized spacial score (nSPS) is 13.1. The van der Waals surface area contributed by atoms with Crippen molar-refractivity contribution >= 4 is 0 Å². The van der Waals surface area contributed by atoms with Crippen molar-refractivity contribution in [3.05, 3.63) is 71.5 Å². The van der Waals surface area contributed by atoms with E-state index in [0.717, 1.165) is 12.8 Å². The molecule has 1 unspecified atom stereocenters. The van der Waals surface area contributed by atoms with Crippen LogP contribution in [-0.2, 0) is 5.41 Å². The highest BCUT2D eigenvalue weighted by Gasteiger charge is 2.38. The van der Waals surface area contributed by atoms with E-state index in [9.17, 15) is 4.39 Å². The monoisotopic (exact) mass is 286 g/mol. The molecule has 0 aliphatic carbocycles. The first kappa shape index (κ1) is 15.7. The van der Waals surface area contributed by atoms with Gasteiger partial charge in [0.25, 0.3) is 0 Å². The molecular weight excluding hydrogens is 263 g/mol. The maximum absolute atomic E-state index is 14.2. The fourth-order valence-corrected chi connectivity index (χ4v) is 3.26. The minimum absolute atomic E-state index is 0.220. The molecule has 0 fully saturated rings. The SMILES string of the molecule is CCC(CC)(c1ccccc1)C(NN)c1ccccc1F. The van der Waals surface area contributed by atoms with Gasteiger partial charge in [0.05, 0.1) is 6.04 Å². The number of nitrogens with two attached hydrogens (primary N) is 1. The van der Waals surface area contributed by atoms with Gasteiger partial charge in [-0.3, -0.25) is 11.3 Å². The highest BCUT2D eigenvalue weighted by atomic mass is 19.1. The lowest BCUT2D eigenvalue weighted by atomic mass is 9.68. The summed E-state index contributed by atoms with van der Waals surface area (Å²) in [5.41, 5.74) is 4.42. The maximum atomic E-state index is 14.2. The number of hydrogen-bond acceptors (Lipinski definition) is 2. The lowest BCUT2D eigenvalue weighted by Gasteiger charge is -2.40. The van der Waals surface area contributed by atoms with Crippen LogP contribution in [0.25, 0.3) is 0 Å². The number of rotatable bonds is 6. The van der Waals surface area contributed by atoms with Crippen molar-refractivity contribution < 1.29 is 4.39 Å². The molecule has 3 heteroatoms. The van der Waals surface area contributed by atoms with Gasteiger partial charge in [-0.2, -0.15) is 0 Å². The molecule has 0 heterocycles. The van der Waals surface area contributed by atoms with Gasteiger partial charge in [-0.15, -0.1) is 0 Å². The zero-order valence-electron chi connectivity index (χ0n) is 12.6. The number of nitrogens with one attached hydrogen (secondary N) is 1. The van der Waals surface area contributed by atoms with Crippen LogP contribution in [0.3, 0.4) is 0 Å². The lowest BCUT2D eigenvalue weighted by Crippen LogP contribution is -2.44. The van der Waals surface area contributed by atoms with Crippen LogP contribution >= 0.6 is 0 Å². The van der Waals surface area contributed by atoms with E-state index in [4.69, 9.17) is 5.84 Å². The summed E-state index contributed by atoms with van der Waals surface area (Å²) in [5.74, 6) is 5.61. The van der Waals surface area contributed by atoms with Crippen molar-refractivity contribution in [3.63, 3.8) is 0 Å². The molecule has 112 valence electrons. The second kappa shape index (κ2) is 6.83. The predicted molar refractivity (Wildman–Crippen MR) is 85.2 cm³/mol. The van der Waals surface area contributed by atoms with Crippen molar-refractivity contribution in [2.75, 3.05) is 0 Å². The molecule has 0 bridgehead atoms. The number of benzene rings is 2. The van der Waals surface area contributed by atoms with Crippen LogP contribution in [0, 0.1) is 5.82 Å². The summed E-state index contributed by atoms with van der Waals surface area (Å²) in [7, 11) is 0. The smallest absolute Gasteiger partial charge is 0.128 e. The number of hydrazine groups is 1. The molecule has 2 aromatic rings. The van der Waals surface area contributed by atoms with Gasteiger partial charge in [0.1, 0.15) is 5.82 Å². The molecule has 2 aromatic carbocycles. The first-order valence-corrected chi connectivity index (χ1v) is 7.45. The Morgan fingerprint density at radius 2 is 1.57 bits per heavy atom. The quantitative estimate of drug-likeness (QED) is 0.620. The summed E-state index contributed by atoms with van der Waals surface area (Å²) in [6.45, 7) is 4.25. The van der Waals surface area contributed by atoms with Gasteiger partial charge in [0.2, 0.25) is 0 Å². The van der Waals surface area contributed by atoms with Gasteiger partial charge < -0.3 is 0 Å². The molecule has 0 spiro atoms. The molecule has 2 rings (SSSR count). The largest absolute Gasteiger partial charge is 0.271 e. The summed E-state index contributed by atoms with van der Waals surface area (Å²) >= 11 is 0. The van der Waals surface area contributed by atoms with Gasteiger partial charge in [0, 0.05) is 11.0 Å². The average molecular weight is 286 g/mol. The first-order chi connectivity index (χ1) is 10.2. The van der Waals surface area contributed by atoms with E-state index in [1.165, 1.54) is 11.6 Å². The zero-order valence-corrected chi connectivity index (χ0v) is 12.6. The van der Waals surface area contributed by atoms with E-state index in [0.29, 0.717) is 5.56 Å². The average Bonchev–Trinajstić information content (AvgIpc) is 2.55. The Morgan fingerprint density at radius 1 is 1.00 bits per heavy atom. The minimum atomic E-state index is -0.268. The molecule has 1 atom stereocenters. The molecule has 0 aliphatic rings. The molecule has 0 saturated carbocycles. The molecule has 2 nitrogen and oxygen atoms in total. The van der Waals surface area contributed by atoms with E-state index in [1.54, 1.807) is 6.07 Å². The summed E-state index contributed by atoms with van der Waals surface area (Å²) < 4.78 is 14.2. The van der Waals surface area contributed by atoms with Crippen molar-refractivity contribution in [2.45, 2.75) is 38.1 Å². The number of hydrogen-bond donors (Lipinski definition) is 2. The third-order valence-electron chi connectivity index (χ3n) is 4.55. The minimum Gasteiger partial charge on any atom is -0.271 e. The summed E-state index contributed by atoms with van der Waals surface area (Å²) in [4.78, 5) is 0. The second-order valence-corrected chi connectivity index (χ2v) is 5.35. The maximum Gasteiger partial charge on any atom is 0.128 e. The van der Waals surface area contributed by atoms with Crippen molar-refractivity contribution in [1.82, 2.24) is 5.43 Å². The molecule has 0 aliphatic heterocycles. The third-order valence-corrected chi connectivity index (χ3v) is 4.55. The standard InChI is InChI=1S/C18H23FN2/c1-3-18(4-2,14-10-6-5-7-11-14)17(21-20)15-12-8-9-13-16(15)19/h5-13,17,21H,3-4,20H2,1-2H3. The van der Waals surface area contributed by atoms with E-state index in [2.05, 4.69) is 31.4 Å². The Labute approximate surface area is 126 Å². The Kier molecular flexibility index (Phi) is 5.10. The van der Waals surface area contributed by atoms with Crippen molar-refractivity contribution in [2.24, 2.45) is 5.84 Å². The lowest BCUT2D eigenvalue weighted by molar-refractivity contribution is 0.271. The summed E-state index contributed by atoms with van der Waals surface area (Å²) in [5, 5.41) is 0. The molecule has 0 aromatic heterocycles. The van der Waals surface area contributed by atoms with Gasteiger partial charge in [0.15, 0.2) is 0 Å². The molecule has 21 heavy (non-hydrogen) atoms. The van der Waals surface area contributed by atoms with E-state index in [-0.39, 0.29) is 17.3 Å². The van der Waals surface area contributed by atoms with Crippen molar-refractivity contribution in [1.29, 1.82) is 0 Å². The summed E-state index contributed by atoms with van der Waals surface area (Å²) in [6.07, 6.45) is 1.74. The Bertz CT molecular complexity index is 564. The van der Waals surface area contributed by atoms with Gasteiger partial charge in [-0.25, -0.2) is 4.39 Å². The van der Waals surface area contributed by atoms with Crippen LogP contribution in [0.15, 0.2) is 54.6 Å². The number of halogens is 1. The Balaban J connectivity index is 2.57. The molecule has 3 N–H and O–H groups in total. The van der Waals surface area contributed by atoms with Crippen LogP contribution in [0.5, 0.6) is 0 Å². The molecule has 0 amide bonds. The van der Waals surface area contributed by atoms with E-state index >= 15 is 0 Å². The highest BCUT2D eigenvalue weighted by Crippen LogP contribution is 2.43. The fourth-order valence-electron chi connectivity index (χ4n) is 3.26. The van der Waals surface area contributed by atoms with Crippen LogP contribution in [0.4, 0.5) is 4.39 Å². The topological polar surface area (TPSA) is 38.0 Å². The third kappa shape index (κ3) is 2.85. The zero-order chi connectivity index (χ0) is 15.3.